The first-order valence-corrected chi connectivity index (χ1v) is 5.23. The number of halogens is 1. The molecule has 1 aliphatic carbocycles. The van der Waals surface area contributed by atoms with E-state index in [9.17, 15) is 0 Å². The summed E-state index contributed by atoms with van der Waals surface area (Å²) in [5.74, 6) is 2.76. The minimum absolute atomic E-state index is 0.314. The molecule has 0 aromatic carbocycles. The Morgan fingerprint density at radius 1 is 1.46 bits per heavy atom. The Bertz CT molecular complexity index is 287. The second-order valence-corrected chi connectivity index (χ2v) is 3.95. The third-order valence-corrected chi connectivity index (χ3v) is 3.00. The molecule has 13 heavy (non-hydrogen) atoms. The van der Waals surface area contributed by atoms with Gasteiger partial charge in [0.15, 0.2) is 0 Å². The molecule has 1 saturated carbocycles. The first-order chi connectivity index (χ1) is 6.31. The molecule has 0 saturated heterocycles. The molecule has 1 aromatic heterocycles. The molecular formula is C9H13ClN2O. The third-order valence-electron chi connectivity index (χ3n) is 2.78. The van der Waals surface area contributed by atoms with Gasteiger partial charge in [-0.3, -0.25) is 0 Å². The molecule has 0 N–H and O–H groups in total. The first-order valence-electron chi connectivity index (χ1n) is 4.69. The van der Waals surface area contributed by atoms with E-state index in [4.69, 9.17) is 16.0 Å². The van der Waals surface area contributed by atoms with Crippen molar-refractivity contribution in [2.45, 2.75) is 38.0 Å². The second kappa shape index (κ2) is 3.66. The summed E-state index contributed by atoms with van der Waals surface area (Å²) in [6, 6.07) is 0. The molecule has 0 spiro atoms. The zero-order chi connectivity index (χ0) is 9.26. The molecule has 1 fully saturated rings. The van der Waals surface area contributed by atoms with Gasteiger partial charge < -0.3 is 4.42 Å². The molecule has 72 valence electrons. The van der Waals surface area contributed by atoms with Crippen LogP contribution in [0.25, 0.3) is 0 Å². The van der Waals surface area contributed by atoms with Gasteiger partial charge in [-0.2, -0.15) is 0 Å². The Morgan fingerprint density at radius 2 is 2.31 bits per heavy atom. The van der Waals surface area contributed by atoms with E-state index in [1.54, 1.807) is 0 Å². The van der Waals surface area contributed by atoms with Crippen molar-refractivity contribution < 1.29 is 4.42 Å². The van der Waals surface area contributed by atoms with Crippen LogP contribution < -0.4 is 0 Å². The summed E-state index contributed by atoms with van der Waals surface area (Å²) < 4.78 is 5.43. The lowest BCUT2D eigenvalue weighted by Gasteiger charge is -2.08. The van der Waals surface area contributed by atoms with Gasteiger partial charge in [0.1, 0.15) is 5.88 Å². The SMILES string of the molecule is CC1CCCC1c1nnc(CCl)o1. The maximum absolute atomic E-state index is 5.59. The van der Waals surface area contributed by atoms with Crippen LogP contribution in [0, 0.1) is 5.92 Å². The van der Waals surface area contributed by atoms with Gasteiger partial charge in [-0.15, -0.1) is 21.8 Å². The standard InChI is InChI=1S/C9H13ClN2O/c1-6-3-2-4-7(6)9-12-11-8(5-10)13-9/h6-7H,2-5H2,1H3. The van der Waals surface area contributed by atoms with Crippen molar-refractivity contribution in [3.8, 4) is 0 Å². The number of rotatable bonds is 2. The molecule has 1 heterocycles. The highest BCUT2D eigenvalue weighted by atomic mass is 35.5. The van der Waals surface area contributed by atoms with Crippen LogP contribution in [0.2, 0.25) is 0 Å². The van der Waals surface area contributed by atoms with Crippen molar-refractivity contribution in [2.24, 2.45) is 5.92 Å². The maximum atomic E-state index is 5.59. The third kappa shape index (κ3) is 1.70. The second-order valence-electron chi connectivity index (χ2n) is 3.68. The summed E-state index contributed by atoms with van der Waals surface area (Å²) in [4.78, 5) is 0. The van der Waals surface area contributed by atoms with Gasteiger partial charge in [-0.05, 0) is 18.8 Å². The van der Waals surface area contributed by atoms with Gasteiger partial charge in [-0.1, -0.05) is 13.3 Å². The van der Waals surface area contributed by atoms with E-state index in [1.165, 1.54) is 19.3 Å². The highest BCUT2D eigenvalue weighted by Crippen LogP contribution is 2.38. The minimum Gasteiger partial charge on any atom is -0.424 e. The summed E-state index contributed by atoms with van der Waals surface area (Å²) >= 11 is 5.59. The monoisotopic (exact) mass is 200 g/mol. The predicted molar refractivity (Wildman–Crippen MR) is 49.6 cm³/mol. The molecule has 0 aliphatic heterocycles. The Balaban J connectivity index is 2.15. The number of alkyl halides is 1. The minimum atomic E-state index is 0.314. The Labute approximate surface area is 82.5 Å². The van der Waals surface area contributed by atoms with E-state index >= 15 is 0 Å². The quantitative estimate of drug-likeness (QED) is 0.690. The number of aromatic nitrogens is 2. The van der Waals surface area contributed by atoms with Crippen molar-refractivity contribution in [1.29, 1.82) is 0 Å². The average Bonchev–Trinajstić information content (AvgIpc) is 2.71. The van der Waals surface area contributed by atoms with E-state index in [-0.39, 0.29) is 0 Å². The van der Waals surface area contributed by atoms with Gasteiger partial charge in [0.25, 0.3) is 0 Å². The maximum Gasteiger partial charge on any atom is 0.231 e. The van der Waals surface area contributed by atoms with Crippen LogP contribution in [-0.2, 0) is 5.88 Å². The number of hydrogen-bond acceptors (Lipinski definition) is 3. The topological polar surface area (TPSA) is 38.9 Å². The molecule has 2 atom stereocenters. The van der Waals surface area contributed by atoms with Crippen LogP contribution >= 0.6 is 11.6 Å². The fourth-order valence-corrected chi connectivity index (χ4v) is 2.09. The molecule has 1 aromatic rings. The van der Waals surface area contributed by atoms with E-state index in [0.717, 1.165) is 5.89 Å². The highest BCUT2D eigenvalue weighted by molar-refractivity contribution is 6.16. The van der Waals surface area contributed by atoms with Crippen LogP contribution in [0.5, 0.6) is 0 Å². The molecule has 1 aliphatic rings. The molecule has 2 rings (SSSR count). The van der Waals surface area contributed by atoms with Crippen LogP contribution in [-0.4, -0.2) is 10.2 Å². The highest BCUT2D eigenvalue weighted by Gasteiger charge is 2.29. The van der Waals surface area contributed by atoms with E-state index in [0.29, 0.717) is 23.6 Å². The van der Waals surface area contributed by atoms with Crippen LogP contribution in [0.1, 0.15) is 43.9 Å². The summed E-state index contributed by atoms with van der Waals surface area (Å²) in [5, 5.41) is 7.88. The zero-order valence-electron chi connectivity index (χ0n) is 7.66. The van der Waals surface area contributed by atoms with Crippen molar-refractivity contribution in [3.63, 3.8) is 0 Å². The summed E-state index contributed by atoms with van der Waals surface area (Å²) in [5.41, 5.74) is 0. The van der Waals surface area contributed by atoms with Crippen molar-refractivity contribution in [3.05, 3.63) is 11.8 Å². The largest absolute Gasteiger partial charge is 0.424 e. The average molecular weight is 201 g/mol. The van der Waals surface area contributed by atoms with Gasteiger partial charge in [0.05, 0.1) is 0 Å². The Morgan fingerprint density at radius 3 is 2.85 bits per heavy atom. The molecular weight excluding hydrogens is 188 g/mol. The number of nitrogens with zero attached hydrogens (tertiary/aromatic N) is 2. The molecule has 4 heteroatoms. The van der Waals surface area contributed by atoms with Crippen LogP contribution in [0.4, 0.5) is 0 Å². The van der Waals surface area contributed by atoms with E-state index in [2.05, 4.69) is 17.1 Å². The van der Waals surface area contributed by atoms with E-state index in [1.807, 2.05) is 0 Å². The molecule has 3 nitrogen and oxygen atoms in total. The predicted octanol–water partition coefficient (Wildman–Crippen LogP) is 2.71. The lowest BCUT2D eigenvalue weighted by molar-refractivity contribution is 0.386. The van der Waals surface area contributed by atoms with Gasteiger partial charge in [-0.25, -0.2) is 0 Å². The normalized spacial score (nSPS) is 28.2. The van der Waals surface area contributed by atoms with Crippen molar-refractivity contribution in [1.82, 2.24) is 10.2 Å². The Kier molecular flexibility index (Phi) is 2.54. The summed E-state index contributed by atoms with van der Waals surface area (Å²) in [6.07, 6.45) is 3.71. The Hall–Kier alpha value is -0.570. The molecule has 0 radical (unpaired) electrons. The summed E-state index contributed by atoms with van der Waals surface area (Å²) in [7, 11) is 0. The van der Waals surface area contributed by atoms with Gasteiger partial charge in [0.2, 0.25) is 11.8 Å². The summed E-state index contributed by atoms with van der Waals surface area (Å²) in [6.45, 7) is 2.24. The first kappa shape index (κ1) is 9.00. The lowest BCUT2D eigenvalue weighted by atomic mass is 9.98. The van der Waals surface area contributed by atoms with Crippen LogP contribution in [0.15, 0.2) is 4.42 Å². The van der Waals surface area contributed by atoms with Crippen molar-refractivity contribution in [2.75, 3.05) is 0 Å². The van der Waals surface area contributed by atoms with Crippen LogP contribution in [0.3, 0.4) is 0 Å². The smallest absolute Gasteiger partial charge is 0.231 e. The lowest BCUT2D eigenvalue weighted by Crippen LogP contribution is -2.01. The van der Waals surface area contributed by atoms with Gasteiger partial charge >= 0.3 is 0 Å². The van der Waals surface area contributed by atoms with Crippen molar-refractivity contribution >= 4 is 11.6 Å². The molecule has 2 unspecified atom stereocenters. The fraction of sp³-hybridized carbons (Fsp3) is 0.778. The number of hydrogen-bond donors (Lipinski definition) is 0. The van der Waals surface area contributed by atoms with Gasteiger partial charge in [0, 0.05) is 5.92 Å². The molecule has 0 bridgehead atoms. The zero-order valence-corrected chi connectivity index (χ0v) is 8.42. The fourth-order valence-electron chi connectivity index (χ4n) is 1.98. The molecule has 0 amide bonds. The van der Waals surface area contributed by atoms with E-state index < -0.39 is 0 Å².